The number of carbonyl (C=O) groups excluding carboxylic acids is 1. The Morgan fingerprint density at radius 3 is 2.08 bits per heavy atom. The van der Waals surface area contributed by atoms with Crippen molar-refractivity contribution in [2.24, 2.45) is 0 Å². The third-order valence-electron chi connectivity index (χ3n) is 6.50. The van der Waals surface area contributed by atoms with Crippen LogP contribution in [-0.2, 0) is 36.4 Å². The number of phenolic OH excluding ortho intramolecular Hbond substituents is 1. The number of ketones is 1. The van der Waals surface area contributed by atoms with E-state index in [2.05, 4.69) is 0 Å². The van der Waals surface area contributed by atoms with Gasteiger partial charge in [-0.25, -0.2) is 0 Å². The number of rotatable bonds is 7. The predicted molar refractivity (Wildman–Crippen MR) is 133 cm³/mol. The van der Waals surface area contributed by atoms with Crippen LogP contribution in [0.3, 0.4) is 0 Å². The number of carbonyl (C=O) groups is 1. The van der Waals surface area contributed by atoms with E-state index in [1.165, 1.54) is 13.0 Å². The molecule has 4 aromatic carbocycles. The van der Waals surface area contributed by atoms with Crippen LogP contribution in [0, 0.1) is 6.92 Å². The zero-order valence-corrected chi connectivity index (χ0v) is 20.4. The highest BCUT2D eigenvalue weighted by molar-refractivity contribution is 5.87. The number of aromatic hydroxyl groups is 1. The highest BCUT2D eigenvalue weighted by Gasteiger charge is 2.32. The van der Waals surface area contributed by atoms with Gasteiger partial charge in [0.05, 0.1) is 11.1 Å². The lowest BCUT2D eigenvalue weighted by Gasteiger charge is -2.13. The van der Waals surface area contributed by atoms with Gasteiger partial charge in [0.2, 0.25) is 0 Å². The Morgan fingerprint density at radius 2 is 1.42 bits per heavy atom. The first kappa shape index (κ1) is 27.2. The molecule has 0 unspecified atom stereocenters. The van der Waals surface area contributed by atoms with Crippen molar-refractivity contribution in [3.8, 4) is 5.75 Å². The van der Waals surface area contributed by atoms with Crippen molar-refractivity contribution in [3.63, 3.8) is 0 Å². The molecule has 0 aromatic heterocycles. The van der Waals surface area contributed by atoms with Gasteiger partial charge in [0.15, 0.2) is 0 Å². The number of Topliss-reactive ketones (excluding diaryl/α,β-unsaturated/α-hetero) is 1. The molecule has 4 rings (SSSR count). The molecule has 1 N–H and O–H groups in total. The second kappa shape index (κ2) is 10.5. The number of fused-ring (bicyclic) bond motifs is 1. The molecule has 38 heavy (non-hydrogen) atoms. The normalized spacial score (nSPS) is 12.2. The molecule has 0 spiro atoms. The molecule has 198 valence electrons. The number of hydrogen-bond acceptors (Lipinski definition) is 2. The average molecular weight is 531 g/mol. The lowest BCUT2D eigenvalue weighted by Crippen LogP contribution is -2.09. The molecule has 0 bridgehead atoms. The van der Waals surface area contributed by atoms with Gasteiger partial charge in [-0.3, -0.25) is 4.79 Å². The van der Waals surface area contributed by atoms with E-state index < -0.39 is 23.5 Å². The highest BCUT2D eigenvalue weighted by Crippen LogP contribution is 2.35. The van der Waals surface area contributed by atoms with E-state index in [4.69, 9.17) is 0 Å². The third-order valence-corrected chi connectivity index (χ3v) is 6.50. The zero-order chi connectivity index (χ0) is 27.7. The Morgan fingerprint density at radius 1 is 0.763 bits per heavy atom. The maximum atomic E-state index is 13.2. The van der Waals surface area contributed by atoms with Crippen molar-refractivity contribution in [1.82, 2.24) is 0 Å². The van der Waals surface area contributed by atoms with Crippen LogP contribution in [0.15, 0.2) is 72.8 Å². The Balaban J connectivity index is 1.42. The van der Waals surface area contributed by atoms with Crippen LogP contribution in [0.4, 0.5) is 26.3 Å². The van der Waals surface area contributed by atoms with Crippen molar-refractivity contribution in [3.05, 3.63) is 112 Å². The van der Waals surface area contributed by atoms with Crippen LogP contribution in [-0.4, -0.2) is 10.9 Å². The molecule has 0 amide bonds. The zero-order valence-electron chi connectivity index (χ0n) is 20.4. The molecule has 8 heteroatoms. The summed E-state index contributed by atoms with van der Waals surface area (Å²) in [7, 11) is 0. The molecule has 0 radical (unpaired) electrons. The Bertz CT molecular complexity index is 1470. The van der Waals surface area contributed by atoms with Gasteiger partial charge in [0, 0.05) is 18.4 Å². The van der Waals surface area contributed by atoms with Gasteiger partial charge in [-0.2, -0.15) is 26.3 Å². The van der Waals surface area contributed by atoms with Crippen LogP contribution in [0.2, 0.25) is 0 Å². The van der Waals surface area contributed by atoms with Gasteiger partial charge in [-0.05, 0) is 77.1 Å². The first-order chi connectivity index (χ1) is 17.8. The third kappa shape index (κ3) is 6.36. The quantitative estimate of drug-likeness (QED) is 0.245. The van der Waals surface area contributed by atoms with Gasteiger partial charge in [0.25, 0.3) is 0 Å². The minimum Gasteiger partial charge on any atom is -0.507 e. The standard InChI is InChI=1S/C30H24F6O2/c1-18-13-25(30(34,35)36)15-23(28(18)38)16-26(37)12-9-19-5-7-20(8-6-19)14-22-4-2-3-21-10-11-24(17-27(21)22)29(31,32)33/h2-8,10-11,13,15,17,38H,9,12,14,16H2,1H3. The van der Waals surface area contributed by atoms with Crippen molar-refractivity contribution >= 4 is 16.6 Å². The first-order valence-electron chi connectivity index (χ1n) is 11.9. The molecule has 4 aromatic rings. The number of hydrogen-bond donors (Lipinski definition) is 1. The van der Waals surface area contributed by atoms with E-state index in [1.54, 1.807) is 18.2 Å². The number of benzene rings is 4. The summed E-state index contributed by atoms with van der Waals surface area (Å²) in [5.41, 5.74) is 0.865. The fourth-order valence-corrected chi connectivity index (χ4v) is 4.45. The van der Waals surface area contributed by atoms with Crippen LogP contribution >= 0.6 is 0 Å². The Kier molecular flexibility index (Phi) is 7.54. The maximum Gasteiger partial charge on any atom is 0.416 e. The van der Waals surface area contributed by atoms with E-state index in [0.29, 0.717) is 23.6 Å². The molecule has 0 aliphatic heterocycles. The van der Waals surface area contributed by atoms with Crippen molar-refractivity contribution in [2.45, 2.75) is 45.0 Å². The molecule has 0 heterocycles. The van der Waals surface area contributed by atoms with E-state index in [-0.39, 0.29) is 35.5 Å². The summed E-state index contributed by atoms with van der Waals surface area (Å²) in [6.45, 7) is 1.35. The summed E-state index contributed by atoms with van der Waals surface area (Å²) < 4.78 is 78.8. The molecule has 0 fully saturated rings. The summed E-state index contributed by atoms with van der Waals surface area (Å²) in [6, 6.07) is 18.0. The highest BCUT2D eigenvalue weighted by atomic mass is 19.4. The van der Waals surface area contributed by atoms with Gasteiger partial charge in [0.1, 0.15) is 11.5 Å². The number of alkyl halides is 6. The van der Waals surface area contributed by atoms with Crippen molar-refractivity contribution in [1.29, 1.82) is 0 Å². The van der Waals surface area contributed by atoms with Crippen molar-refractivity contribution < 1.29 is 36.2 Å². The summed E-state index contributed by atoms with van der Waals surface area (Å²) in [5.74, 6) is -0.620. The molecule has 0 saturated heterocycles. The van der Waals surface area contributed by atoms with E-state index >= 15 is 0 Å². The SMILES string of the molecule is Cc1cc(C(F)(F)F)cc(CC(=O)CCc2ccc(Cc3cccc4ccc(C(F)(F)F)cc34)cc2)c1O. The number of phenols is 1. The maximum absolute atomic E-state index is 13.2. The molecular formula is C30H24F6O2. The predicted octanol–water partition coefficient (Wildman–Crippen LogP) is 8.23. The second-order valence-electron chi connectivity index (χ2n) is 9.36. The molecule has 0 aliphatic carbocycles. The van der Waals surface area contributed by atoms with Gasteiger partial charge >= 0.3 is 12.4 Å². The van der Waals surface area contributed by atoms with Gasteiger partial charge in [-0.15, -0.1) is 0 Å². The lowest BCUT2D eigenvalue weighted by atomic mass is 9.95. The topological polar surface area (TPSA) is 37.3 Å². The van der Waals surface area contributed by atoms with Crippen LogP contribution in [0.25, 0.3) is 10.8 Å². The molecule has 0 atom stereocenters. The summed E-state index contributed by atoms with van der Waals surface area (Å²) in [5, 5.41) is 11.4. The smallest absolute Gasteiger partial charge is 0.416 e. The Hall–Kier alpha value is -3.81. The molecule has 2 nitrogen and oxygen atoms in total. The number of halogens is 6. The van der Waals surface area contributed by atoms with Crippen LogP contribution in [0.1, 0.15) is 45.4 Å². The summed E-state index contributed by atoms with van der Waals surface area (Å²) in [4.78, 5) is 12.5. The molecule has 0 saturated carbocycles. The van der Waals surface area contributed by atoms with Gasteiger partial charge in [-0.1, -0.05) is 48.5 Å². The molecular weight excluding hydrogens is 506 g/mol. The van der Waals surface area contributed by atoms with E-state index in [9.17, 15) is 36.2 Å². The monoisotopic (exact) mass is 530 g/mol. The van der Waals surface area contributed by atoms with E-state index in [1.807, 2.05) is 24.3 Å². The minimum absolute atomic E-state index is 0.0542. The molecule has 0 aliphatic rings. The Labute approximate surface area is 215 Å². The minimum atomic E-state index is -4.58. The average Bonchev–Trinajstić information content (AvgIpc) is 2.85. The summed E-state index contributed by atoms with van der Waals surface area (Å²) >= 11 is 0. The van der Waals surface area contributed by atoms with Gasteiger partial charge < -0.3 is 5.11 Å². The largest absolute Gasteiger partial charge is 0.507 e. The number of aryl methyl sites for hydroxylation is 2. The fourth-order valence-electron chi connectivity index (χ4n) is 4.45. The lowest BCUT2D eigenvalue weighted by molar-refractivity contribution is -0.138. The van der Waals surface area contributed by atoms with Crippen LogP contribution in [0.5, 0.6) is 5.75 Å². The second-order valence-corrected chi connectivity index (χ2v) is 9.36. The van der Waals surface area contributed by atoms with Crippen molar-refractivity contribution in [2.75, 3.05) is 0 Å². The van der Waals surface area contributed by atoms with Crippen LogP contribution < -0.4 is 0 Å². The first-order valence-corrected chi connectivity index (χ1v) is 11.9. The van der Waals surface area contributed by atoms with E-state index in [0.717, 1.165) is 41.0 Å². The fraction of sp³-hybridized carbons (Fsp3) is 0.233. The summed E-state index contributed by atoms with van der Waals surface area (Å²) in [6.07, 6.45) is -8.45.